The zero-order chi connectivity index (χ0) is 22.0. The maximum Gasteiger partial charge on any atom is 0.250 e. The molecule has 160 valence electrons. The van der Waals surface area contributed by atoms with E-state index in [0.29, 0.717) is 40.7 Å². The molecule has 6 nitrogen and oxygen atoms in total. The molecule has 0 saturated heterocycles. The summed E-state index contributed by atoms with van der Waals surface area (Å²) in [5.41, 5.74) is 6.60. The lowest BCUT2D eigenvalue weighted by Crippen LogP contribution is -2.37. The van der Waals surface area contributed by atoms with Gasteiger partial charge in [-0.3, -0.25) is 9.83 Å². The Morgan fingerprint density at radius 3 is 2.81 bits per heavy atom. The number of hydroxylamine groups is 1. The molecule has 0 amide bonds. The van der Waals surface area contributed by atoms with Crippen LogP contribution in [0.1, 0.15) is 27.9 Å². The van der Waals surface area contributed by atoms with Gasteiger partial charge in [0.05, 0.1) is 23.9 Å². The minimum absolute atomic E-state index is 0.0692. The van der Waals surface area contributed by atoms with E-state index in [9.17, 15) is 4.39 Å². The third-order valence-corrected chi connectivity index (χ3v) is 5.27. The van der Waals surface area contributed by atoms with Gasteiger partial charge in [-0.25, -0.2) is 9.87 Å². The van der Waals surface area contributed by atoms with Gasteiger partial charge in [0.2, 0.25) is 5.88 Å². The van der Waals surface area contributed by atoms with E-state index >= 15 is 0 Å². The predicted molar refractivity (Wildman–Crippen MR) is 117 cm³/mol. The largest absolute Gasteiger partial charge is 0.434 e. The number of aromatic nitrogens is 2. The normalized spacial score (nSPS) is 15.9. The molecule has 1 unspecified atom stereocenters. The van der Waals surface area contributed by atoms with Crippen molar-refractivity contribution in [2.45, 2.75) is 33.2 Å². The zero-order valence-electron chi connectivity index (χ0n) is 17.4. The third-order valence-electron chi connectivity index (χ3n) is 4.92. The first-order chi connectivity index (χ1) is 14.9. The van der Waals surface area contributed by atoms with Crippen molar-refractivity contribution < 1.29 is 14.0 Å². The average molecular weight is 441 g/mol. The van der Waals surface area contributed by atoms with Crippen LogP contribution in [0.4, 0.5) is 4.39 Å². The SMILES string of the molecule is Cc1ccc(CC2CONC(c3cc(C)nnc3Oc3cccc(C)c3F)=N2)c(Cl)c1. The van der Waals surface area contributed by atoms with Crippen molar-refractivity contribution in [3.05, 3.63) is 81.3 Å². The average Bonchev–Trinajstić information content (AvgIpc) is 2.75. The predicted octanol–water partition coefficient (Wildman–Crippen LogP) is 4.88. The second-order valence-corrected chi connectivity index (χ2v) is 7.94. The van der Waals surface area contributed by atoms with Crippen molar-refractivity contribution in [2.75, 3.05) is 6.61 Å². The van der Waals surface area contributed by atoms with Gasteiger partial charge in [0.15, 0.2) is 17.4 Å². The van der Waals surface area contributed by atoms with Gasteiger partial charge in [0, 0.05) is 5.02 Å². The first-order valence-corrected chi connectivity index (χ1v) is 10.3. The Morgan fingerprint density at radius 1 is 1.16 bits per heavy atom. The molecule has 1 N–H and O–H groups in total. The standard InChI is InChI=1S/C23H22ClFN4O2/c1-13-7-8-16(19(24)9-13)11-17-12-30-29-22(26-17)18-10-15(3)27-28-23(18)31-20-6-4-5-14(2)21(20)25/h4-10,17H,11-12H2,1-3H3,(H,26,29). The van der Waals surface area contributed by atoms with Gasteiger partial charge in [-0.1, -0.05) is 35.9 Å². The number of rotatable bonds is 5. The Balaban J connectivity index is 1.64. The molecule has 1 aliphatic heterocycles. The highest BCUT2D eigenvalue weighted by molar-refractivity contribution is 6.31. The molecule has 31 heavy (non-hydrogen) atoms. The summed E-state index contributed by atoms with van der Waals surface area (Å²) in [6.07, 6.45) is 0.616. The summed E-state index contributed by atoms with van der Waals surface area (Å²) < 4.78 is 20.2. The first-order valence-electron chi connectivity index (χ1n) is 9.89. The second kappa shape index (κ2) is 8.99. The lowest BCUT2D eigenvalue weighted by molar-refractivity contribution is 0.0623. The molecule has 4 rings (SSSR count). The molecule has 1 atom stereocenters. The topological polar surface area (TPSA) is 68.6 Å². The highest BCUT2D eigenvalue weighted by Crippen LogP contribution is 2.28. The Morgan fingerprint density at radius 2 is 2.00 bits per heavy atom. The molecule has 1 aliphatic rings. The summed E-state index contributed by atoms with van der Waals surface area (Å²) in [7, 11) is 0. The van der Waals surface area contributed by atoms with Crippen molar-refractivity contribution >= 4 is 17.4 Å². The van der Waals surface area contributed by atoms with Crippen LogP contribution in [-0.4, -0.2) is 28.7 Å². The maximum atomic E-state index is 14.5. The van der Waals surface area contributed by atoms with Crippen LogP contribution >= 0.6 is 11.6 Å². The molecule has 0 fully saturated rings. The minimum atomic E-state index is -0.447. The number of halogens is 2. The van der Waals surface area contributed by atoms with E-state index in [0.717, 1.165) is 11.1 Å². The van der Waals surface area contributed by atoms with Crippen LogP contribution < -0.4 is 10.2 Å². The zero-order valence-corrected chi connectivity index (χ0v) is 18.2. The van der Waals surface area contributed by atoms with E-state index < -0.39 is 5.82 Å². The molecule has 0 bridgehead atoms. The Labute approximate surface area is 185 Å². The van der Waals surface area contributed by atoms with Crippen LogP contribution in [0, 0.1) is 26.6 Å². The fourth-order valence-corrected chi connectivity index (χ4v) is 3.59. The quantitative estimate of drug-likeness (QED) is 0.612. The first kappa shape index (κ1) is 21.2. The molecule has 3 aromatic rings. The van der Waals surface area contributed by atoms with Gasteiger partial charge < -0.3 is 4.74 Å². The lowest BCUT2D eigenvalue weighted by Gasteiger charge is -2.23. The smallest absolute Gasteiger partial charge is 0.250 e. The number of nitrogens with one attached hydrogen (secondary N) is 1. The van der Waals surface area contributed by atoms with Gasteiger partial charge in [-0.05, 0) is 62.1 Å². The molecule has 8 heteroatoms. The second-order valence-electron chi connectivity index (χ2n) is 7.54. The van der Waals surface area contributed by atoms with Crippen LogP contribution in [0.25, 0.3) is 0 Å². The number of aryl methyl sites for hydroxylation is 3. The molecule has 0 saturated carbocycles. The van der Waals surface area contributed by atoms with E-state index in [-0.39, 0.29) is 17.7 Å². The fourth-order valence-electron chi connectivity index (χ4n) is 3.28. The summed E-state index contributed by atoms with van der Waals surface area (Å²) in [6, 6.07) is 12.5. The number of ether oxygens (including phenoxy) is 1. The lowest BCUT2D eigenvalue weighted by atomic mass is 10.0. The van der Waals surface area contributed by atoms with Gasteiger partial charge in [0.25, 0.3) is 0 Å². The molecule has 0 spiro atoms. The summed E-state index contributed by atoms with van der Waals surface area (Å²) in [6.45, 7) is 5.86. The van der Waals surface area contributed by atoms with Crippen molar-refractivity contribution in [2.24, 2.45) is 4.99 Å². The maximum absolute atomic E-state index is 14.5. The number of hydrogen-bond acceptors (Lipinski definition) is 6. The van der Waals surface area contributed by atoms with Crippen LogP contribution in [0.15, 0.2) is 47.5 Å². The van der Waals surface area contributed by atoms with Crippen molar-refractivity contribution in [3.63, 3.8) is 0 Å². The summed E-state index contributed by atoms with van der Waals surface area (Å²) in [5, 5.41) is 8.87. The fraction of sp³-hybridized carbons (Fsp3) is 0.261. The van der Waals surface area contributed by atoms with Crippen LogP contribution in [-0.2, 0) is 11.3 Å². The van der Waals surface area contributed by atoms with Gasteiger partial charge in [-0.2, -0.15) is 5.10 Å². The van der Waals surface area contributed by atoms with E-state index in [1.807, 2.05) is 25.1 Å². The molecular weight excluding hydrogens is 419 g/mol. The van der Waals surface area contributed by atoms with E-state index in [4.69, 9.17) is 26.2 Å². The molecular formula is C23H22ClFN4O2. The van der Waals surface area contributed by atoms with E-state index in [1.54, 1.807) is 38.1 Å². The van der Waals surface area contributed by atoms with Gasteiger partial charge >= 0.3 is 0 Å². The number of benzene rings is 2. The number of nitrogens with zero attached hydrogens (tertiary/aromatic N) is 3. The van der Waals surface area contributed by atoms with Crippen molar-refractivity contribution in [1.29, 1.82) is 0 Å². The number of aliphatic imine (C=N–C) groups is 1. The third kappa shape index (κ3) is 4.84. The highest BCUT2D eigenvalue weighted by atomic mass is 35.5. The Bertz CT molecular complexity index is 1150. The monoisotopic (exact) mass is 440 g/mol. The van der Waals surface area contributed by atoms with Crippen molar-refractivity contribution in [3.8, 4) is 11.6 Å². The van der Waals surface area contributed by atoms with Gasteiger partial charge in [-0.15, -0.1) is 5.10 Å². The number of amidine groups is 1. The summed E-state index contributed by atoms with van der Waals surface area (Å²) in [5.74, 6) is 0.205. The Kier molecular flexibility index (Phi) is 6.15. The molecule has 2 heterocycles. The molecule has 1 aromatic heterocycles. The Hall–Kier alpha value is -3.03. The van der Waals surface area contributed by atoms with Crippen LogP contribution in [0.2, 0.25) is 5.02 Å². The summed E-state index contributed by atoms with van der Waals surface area (Å²) >= 11 is 6.39. The van der Waals surface area contributed by atoms with Crippen LogP contribution in [0.5, 0.6) is 11.6 Å². The highest BCUT2D eigenvalue weighted by Gasteiger charge is 2.23. The minimum Gasteiger partial charge on any atom is -0.434 e. The number of hydrogen-bond donors (Lipinski definition) is 1. The summed E-state index contributed by atoms with van der Waals surface area (Å²) in [4.78, 5) is 10.3. The van der Waals surface area contributed by atoms with Gasteiger partial charge in [0.1, 0.15) is 0 Å². The molecule has 0 radical (unpaired) electrons. The van der Waals surface area contributed by atoms with E-state index in [1.165, 1.54) is 0 Å². The molecule has 0 aliphatic carbocycles. The van der Waals surface area contributed by atoms with E-state index in [2.05, 4.69) is 15.7 Å². The van der Waals surface area contributed by atoms with Crippen molar-refractivity contribution in [1.82, 2.24) is 15.7 Å². The molecule has 2 aromatic carbocycles. The van der Waals surface area contributed by atoms with Crippen LogP contribution in [0.3, 0.4) is 0 Å².